The van der Waals surface area contributed by atoms with Crippen LogP contribution in [-0.4, -0.2) is 78.9 Å². The fourth-order valence-corrected chi connectivity index (χ4v) is 3.42. The molecule has 0 atom stereocenters. The van der Waals surface area contributed by atoms with Gasteiger partial charge in [0.25, 0.3) is 5.91 Å². The van der Waals surface area contributed by atoms with Crippen LogP contribution in [0.5, 0.6) is 5.75 Å². The van der Waals surface area contributed by atoms with Crippen LogP contribution in [0.25, 0.3) is 0 Å². The van der Waals surface area contributed by atoms with E-state index in [1.54, 1.807) is 17.0 Å². The highest BCUT2D eigenvalue weighted by molar-refractivity contribution is 5.79. The second kappa shape index (κ2) is 8.98. The van der Waals surface area contributed by atoms with Crippen LogP contribution in [0.3, 0.4) is 0 Å². The lowest BCUT2D eigenvalue weighted by atomic mass is 10.2. The van der Waals surface area contributed by atoms with E-state index in [0.29, 0.717) is 32.6 Å². The lowest BCUT2D eigenvalue weighted by Gasteiger charge is -2.35. The van der Waals surface area contributed by atoms with Crippen LogP contribution in [0.1, 0.15) is 19.3 Å². The van der Waals surface area contributed by atoms with E-state index in [4.69, 9.17) is 4.74 Å². The van der Waals surface area contributed by atoms with Crippen molar-refractivity contribution in [3.63, 3.8) is 0 Å². The molecule has 0 radical (unpaired) electrons. The number of halogens is 1. The molecule has 6 nitrogen and oxygen atoms in total. The molecule has 2 saturated heterocycles. The topological polar surface area (TPSA) is 53.1 Å². The Morgan fingerprint density at radius 2 is 1.54 bits per heavy atom. The Balaban J connectivity index is 1.37. The first kappa shape index (κ1) is 18.6. The number of carbonyl (C=O) groups excluding carboxylic acids is 2. The average molecular weight is 363 g/mol. The number of ether oxygens (including phenoxy) is 1. The number of hydrogen-bond donors (Lipinski definition) is 0. The van der Waals surface area contributed by atoms with Gasteiger partial charge in [-0.3, -0.25) is 9.59 Å². The highest BCUT2D eigenvalue weighted by Gasteiger charge is 2.25. The summed E-state index contributed by atoms with van der Waals surface area (Å²) >= 11 is 0. The van der Waals surface area contributed by atoms with E-state index < -0.39 is 5.82 Å². The molecule has 26 heavy (non-hydrogen) atoms. The molecule has 2 heterocycles. The van der Waals surface area contributed by atoms with E-state index >= 15 is 0 Å². The second-order valence-electron chi connectivity index (χ2n) is 6.78. The number of amides is 2. The van der Waals surface area contributed by atoms with Crippen LogP contribution in [0, 0.1) is 5.82 Å². The second-order valence-corrected chi connectivity index (χ2v) is 6.78. The molecule has 7 heteroatoms. The molecule has 1 aromatic rings. The van der Waals surface area contributed by atoms with E-state index in [1.165, 1.54) is 25.0 Å². The van der Waals surface area contributed by atoms with Gasteiger partial charge in [0.1, 0.15) is 0 Å². The predicted molar refractivity (Wildman–Crippen MR) is 95.3 cm³/mol. The number of hydrogen-bond acceptors (Lipinski definition) is 4. The molecule has 142 valence electrons. The zero-order valence-electron chi connectivity index (χ0n) is 15.0. The highest BCUT2D eigenvalue weighted by atomic mass is 19.1. The van der Waals surface area contributed by atoms with Gasteiger partial charge in [-0.25, -0.2) is 4.39 Å². The first-order chi connectivity index (χ1) is 12.6. The molecule has 2 fully saturated rings. The molecule has 0 spiro atoms. The van der Waals surface area contributed by atoms with Gasteiger partial charge in [0, 0.05) is 39.1 Å². The van der Waals surface area contributed by atoms with Crippen LogP contribution < -0.4 is 4.74 Å². The summed E-state index contributed by atoms with van der Waals surface area (Å²) in [7, 11) is 0. The van der Waals surface area contributed by atoms with Gasteiger partial charge in [0.15, 0.2) is 18.2 Å². The van der Waals surface area contributed by atoms with Crippen LogP contribution >= 0.6 is 0 Å². The molecule has 0 aromatic heterocycles. The lowest BCUT2D eigenvalue weighted by Crippen LogP contribution is -2.52. The van der Waals surface area contributed by atoms with Gasteiger partial charge in [-0.15, -0.1) is 0 Å². The number of benzene rings is 1. The summed E-state index contributed by atoms with van der Waals surface area (Å²) < 4.78 is 18.8. The molecule has 2 aliphatic rings. The third-order valence-electron chi connectivity index (χ3n) is 5.01. The molecule has 0 N–H and O–H groups in total. The van der Waals surface area contributed by atoms with Crippen molar-refractivity contribution < 1.29 is 18.7 Å². The fraction of sp³-hybridized carbons (Fsp3) is 0.579. The van der Waals surface area contributed by atoms with E-state index in [0.717, 1.165) is 19.6 Å². The maximum Gasteiger partial charge on any atom is 0.260 e. The number of piperazine rings is 1. The molecule has 0 unspecified atom stereocenters. The van der Waals surface area contributed by atoms with E-state index in [9.17, 15) is 14.0 Å². The monoisotopic (exact) mass is 363 g/mol. The minimum atomic E-state index is -0.478. The van der Waals surface area contributed by atoms with Gasteiger partial charge in [0.2, 0.25) is 5.91 Å². The van der Waals surface area contributed by atoms with Gasteiger partial charge >= 0.3 is 0 Å². The Bertz CT molecular complexity index is 626. The van der Waals surface area contributed by atoms with Crippen molar-refractivity contribution in [3.8, 4) is 5.75 Å². The van der Waals surface area contributed by atoms with Crippen molar-refractivity contribution >= 4 is 11.8 Å². The molecule has 1 aromatic carbocycles. The standard InChI is InChI=1S/C19H26FN3O3/c20-16-5-1-2-6-17(16)26-15-19(25)23-13-11-22(12-14-23)18(24)7-10-21-8-3-4-9-21/h1-2,5-6H,3-4,7-15H2. The smallest absolute Gasteiger partial charge is 0.260 e. The Labute approximate surface area is 153 Å². The van der Waals surface area contributed by atoms with Crippen LogP contribution in [0.2, 0.25) is 0 Å². The van der Waals surface area contributed by atoms with Crippen LogP contribution in [-0.2, 0) is 9.59 Å². The molecule has 0 saturated carbocycles. The van der Waals surface area contributed by atoms with Crippen molar-refractivity contribution in [3.05, 3.63) is 30.1 Å². The van der Waals surface area contributed by atoms with Gasteiger partial charge in [-0.2, -0.15) is 0 Å². The lowest BCUT2D eigenvalue weighted by molar-refractivity contribution is -0.140. The SMILES string of the molecule is O=C(CCN1CCCC1)N1CCN(C(=O)COc2ccccc2F)CC1. The number of likely N-dealkylation sites (tertiary alicyclic amines) is 1. The normalized spacial score (nSPS) is 18.2. The van der Waals surface area contributed by atoms with Crippen molar-refractivity contribution in [1.29, 1.82) is 0 Å². The van der Waals surface area contributed by atoms with Crippen molar-refractivity contribution in [1.82, 2.24) is 14.7 Å². The molecule has 3 rings (SSSR count). The Morgan fingerprint density at radius 1 is 0.923 bits per heavy atom. The summed E-state index contributed by atoms with van der Waals surface area (Å²) in [5, 5.41) is 0. The Hall–Kier alpha value is -2.15. The van der Waals surface area contributed by atoms with E-state index in [1.807, 2.05) is 4.90 Å². The minimum absolute atomic E-state index is 0.0802. The van der Waals surface area contributed by atoms with Crippen molar-refractivity contribution in [2.24, 2.45) is 0 Å². The summed E-state index contributed by atoms with van der Waals surface area (Å²) in [6, 6.07) is 6.03. The number of carbonyl (C=O) groups is 2. The molecule has 0 aliphatic carbocycles. The molecular weight excluding hydrogens is 337 g/mol. The third kappa shape index (κ3) is 4.94. The summed E-state index contributed by atoms with van der Waals surface area (Å²) in [5.41, 5.74) is 0. The third-order valence-corrected chi connectivity index (χ3v) is 5.01. The highest BCUT2D eigenvalue weighted by Crippen LogP contribution is 2.15. The quantitative estimate of drug-likeness (QED) is 0.766. The minimum Gasteiger partial charge on any atom is -0.481 e. The van der Waals surface area contributed by atoms with Gasteiger partial charge in [0.05, 0.1) is 0 Å². The molecular formula is C19H26FN3O3. The summed E-state index contributed by atoms with van der Waals surface area (Å²) in [5.74, 6) is -0.422. The first-order valence-electron chi connectivity index (χ1n) is 9.29. The molecule has 0 bridgehead atoms. The maximum atomic E-state index is 13.5. The summed E-state index contributed by atoms with van der Waals surface area (Å²) in [6.45, 7) is 4.91. The summed E-state index contributed by atoms with van der Waals surface area (Å²) in [6.07, 6.45) is 3.00. The number of rotatable bonds is 6. The van der Waals surface area contributed by atoms with E-state index in [-0.39, 0.29) is 24.2 Å². The van der Waals surface area contributed by atoms with Crippen molar-refractivity contribution in [2.45, 2.75) is 19.3 Å². The Morgan fingerprint density at radius 3 is 2.19 bits per heavy atom. The van der Waals surface area contributed by atoms with Crippen LogP contribution in [0.15, 0.2) is 24.3 Å². The Kier molecular flexibility index (Phi) is 6.44. The molecule has 2 amide bonds. The van der Waals surface area contributed by atoms with Gasteiger partial charge in [-0.05, 0) is 38.1 Å². The first-order valence-corrected chi connectivity index (χ1v) is 9.29. The zero-order valence-corrected chi connectivity index (χ0v) is 15.0. The van der Waals surface area contributed by atoms with Crippen molar-refractivity contribution in [2.75, 3.05) is 52.4 Å². The fourth-order valence-electron chi connectivity index (χ4n) is 3.42. The van der Waals surface area contributed by atoms with Gasteiger partial charge < -0.3 is 19.4 Å². The van der Waals surface area contributed by atoms with Crippen LogP contribution in [0.4, 0.5) is 4.39 Å². The summed E-state index contributed by atoms with van der Waals surface area (Å²) in [4.78, 5) is 30.4. The predicted octanol–water partition coefficient (Wildman–Crippen LogP) is 1.36. The number of nitrogens with zero attached hydrogens (tertiary/aromatic N) is 3. The van der Waals surface area contributed by atoms with Gasteiger partial charge in [-0.1, -0.05) is 12.1 Å². The van der Waals surface area contributed by atoms with E-state index in [2.05, 4.69) is 4.90 Å². The largest absolute Gasteiger partial charge is 0.481 e. The average Bonchev–Trinajstić information content (AvgIpc) is 3.19. The maximum absolute atomic E-state index is 13.5. The zero-order chi connectivity index (χ0) is 18.4. The molecule has 2 aliphatic heterocycles. The number of para-hydroxylation sites is 1.